The molecule has 1 aromatic carbocycles. The van der Waals surface area contributed by atoms with Gasteiger partial charge in [0.2, 0.25) is 0 Å². The SMILES string of the molecule is COc1cccc([C@@]2(OC(=O)CC3(CN)CCCCC3)CCCC[C@@H]2CN(C)C)c1. The predicted molar refractivity (Wildman–Crippen MR) is 120 cm³/mol. The summed E-state index contributed by atoms with van der Waals surface area (Å²) in [6, 6.07) is 8.12. The molecule has 30 heavy (non-hydrogen) atoms. The topological polar surface area (TPSA) is 64.8 Å². The Bertz CT molecular complexity index is 699. The largest absolute Gasteiger partial charge is 0.497 e. The van der Waals surface area contributed by atoms with E-state index < -0.39 is 5.60 Å². The lowest BCUT2D eigenvalue weighted by atomic mass is 9.70. The number of carbonyl (C=O) groups excluding carboxylic acids is 1. The first kappa shape index (κ1) is 23.1. The highest BCUT2D eigenvalue weighted by atomic mass is 16.6. The molecule has 1 aromatic rings. The zero-order valence-electron chi connectivity index (χ0n) is 19.1. The molecule has 0 spiro atoms. The van der Waals surface area contributed by atoms with Crippen molar-refractivity contribution in [3.63, 3.8) is 0 Å². The average molecular weight is 417 g/mol. The first-order valence-corrected chi connectivity index (χ1v) is 11.6. The molecule has 5 nitrogen and oxygen atoms in total. The number of methoxy groups -OCH3 is 1. The Kier molecular flexibility index (Phi) is 7.81. The number of nitrogens with two attached hydrogens (primary N) is 1. The predicted octanol–water partition coefficient (Wildman–Crippen LogP) is 4.48. The monoisotopic (exact) mass is 416 g/mol. The molecule has 0 heterocycles. The van der Waals surface area contributed by atoms with Crippen LogP contribution in [0, 0.1) is 11.3 Å². The van der Waals surface area contributed by atoms with E-state index in [0.29, 0.717) is 13.0 Å². The molecule has 168 valence electrons. The maximum absolute atomic E-state index is 13.4. The molecule has 2 atom stereocenters. The fourth-order valence-corrected chi connectivity index (χ4v) is 5.66. The van der Waals surface area contributed by atoms with Gasteiger partial charge in [-0.25, -0.2) is 0 Å². The van der Waals surface area contributed by atoms with E-state index in [2.05, 4.69) is 31.1 Å². The van der Waals surface area contributed by atoms with Crippen LogP contribution >= 0.6 is 0 Å². The number of rotatable bonds is 8. The molecule has 2 saturated carbocycles. The third kappa shape index (κ3) is 5.17. The summed E-state index contributed by atoms with van der Waals surface area (Å²) >= 11 is 0. The van der Waals surface area contributed by atoms with Crippen molar-refractivity contribution in [3.05, 3.63) is 29.8 Å². The van der Waals surface area contributed by atoms with Crippen LogP contribution < -0.4 is 10.5 Å². The molecular weight excluding hydrogens is 376 g/mol. The van der Waals surface area contributed by atoms with Gasteiger partial charge in [-0.15, -0.1) is 0 Å². The Hall–Kier alpha value is -1.59. The summed E-state index contributed by atoms with van der Waals surface area (Å²) in [6.45, 7) is 1.46. The van der Waals surface area contributed by atoms with Gasteiger partial charge in [-0.2, -0.15) is 0 Å². The van der Waals surface area contributed by atoms with Crippen molar-refractivity contribution in [2.45, 2.75) is 69.8 Å². The van der Waals surface area contributed by atoms with Crippen molar-refractivity contribution >= 4 is 5.97 Å². The number of nitrogens with zero attached hydrogens (tertiary/aromatic N) is 1. The molecule has 2 N–H and O–H groups in total. The van der Waals surface area contributed by atoms with E-state index in [9.17, 15) is 4.79 Å². The first-order chi connectivity index (χ1) is 14.4. The summed E-state index contributed by atoms with van der Waals surface area (Å²) in [5.74, 6) is 0.983. The minimum atomic E-state index is -0.599. The van der Waals surface area contributed by atoms with Crippen LogP contribution in [0.4, 0.5) is 0 Å². The van der Waals surface area contributed by atoms with Gasteiger partial charge in [-0.1, -0.05) is 37.8 Å². The number of carbonyl (C=O) groups is 1. The van der Waals surface area contributed by atoms with Crippen molar-refractivity contribution in [3.8, 4) is 5.75 Å². The van der Waals surface area contributed by atoms with E-state index in [-0.39, 0.29) is 17.3 Å². The quantitative estimate of drug-likeness (QED) is 0.633. The van der Waals surface area contributed by atoms with E-state index in [1.54, 1.807) is 7.11 Å². The third-order valence-electron chi connectivity index (χ3n) is 7.32. The molecule has 0 radical (unpaired) electrons. The van der Waals surface area contributed by atoms with Crippen LogP contribution in [0.3, 0.4) is 0 Å². The number of esters is 1. The Morgan fingerprint density at radius 2 is 1.87 bits per heavy atom. The standard InChI is InChI=1S/C25H40N2O3/c1-27(2)18-21-10-5-8-15-25(21,20-11-9-12-22(16-20)29-3)30-23(28)17-24(19-26)13-6-4-7-14-24/h9,11-12,16,21H,4-8,10,13-15,17-19,26H2,1-3H3/t21-,25+/m1/s1. The number of ether oxygens (including phenoxy) is 2. The van der Waals surface area contributed by atoms with Gasteiger partial charge in [-0.05, 0) is 75.9 Å². The summed E-state index contributed by atoms with van der Waals surface area (Å²) in [5, 5.41) is 0. The lowest BCUT2D eigenvalue weighted by Gasteiger charge is -2.46. The first-order valence-electron chi connectivity index (χ1n) is 11.6. The molecule has 2 fully saturated rings. The third-order valence-corrected chi connectivity index (χ3v) is 7.32. The van der Waals surface area contributed by atoms with Gasteiger partial charge in [0.25, 0.3) is 0 Å². The van der Waals surface area contributed by atoms with E-state index >= 15 is 0 Å². The van der Waals surface area contributed by atoms with Crippen molar-refractivity contribution < 1.29 is 14.3 Å². The zero-order chi connectivity index (χ0) is 21.6. The van der Waals surface area contributed by atoms with E-state index in [1.807, 2.05) is 12.1 Å². The normalized spacial score (nSPS) is 26.4. The molecule has 2 aliphatic carbocycles. The molecule has 0 aromatic heterocycles. The van der Waals surface area contributed by atoms with Crippen LogP contribution in [0.25, 0.3) is 0 Å². The van der Waals surface area contributed by atoms with Crippen LogP contribution in [0.2, 0.25) is 0 Å². The summed E-state index contributed by atoms with van der Waals surface area (Å²) < 4.78 is 12.0. The average Bonchev–Trinajstić information content (AvgIpc) is 2.75. The fraction of sp³-hybridized carbons (Fsp3) is 0.720. The lowest BCUT2D eigenvalue weighted by Crippen LogP contribution is -2.47. The van der Waals surface area contributed by atoms with Crippen LogP contribution in [0.1, 0.15) is 69.8 Å². The van der Waals surface area contributed by atoms with Gasteiger partial charge in [0.1, 0.15) is 11.4 Å². The molecular formula is C25H40N2O3. The van der Waals surface area contributed by atoms with Crippen LogP contribution in [-0.4, -0.2) is 45.2 Å². The molecule has 0 amide bonds. The molecule has 0 saturated heterocycles. The highest BCUT2D eigenvalue weighted by Gasteiger charge is 2.47. The Balaban J connectivity index is 1.91. The highest BCUT2D eigenvalue weighted by Crippen LogP contribution is 2.47. The van der Waals surface area contributed by atoms with Crippen LogP contribution in [0.15, 0.2) is 24.3 Å². The Labute approximate surface area is 182 Å². The van der Waals surface area contributed by atoms with E-state index in [4.69, 9.17) is 15.2 Å². The van der Waals surface area contributed by atoms with Crippen molar-refractivity contribution in [1.29, 1.82) is 0 Å². The smallest absolute Gasteiger partial charge is 0.307 e. The fourth-order valence-electron chi connectivity index (χ4n) is 5.66. The maximum Gasteiger partial charge on any atom is 0.307 e. The Morgan fingerprint density at radius 3 is 2.53 bits per heavy atom. The lowest BCUT2D eigenvalue weighted by molar-refractivity contribution is -0.177. The van der Waals surface area contributed by atoms with Crippen LogP contribution in [-0.2, 0) is 15.1 Å². The van der Waals surface area contributed by atoms with Gasteiger partial charge >= 0.3 is 5.97 Å². The minimum Gasteiger partial charge on any atom is -0.497 e. The van der Waals surface area contributed by atoms with Crippen molar-refractivity contribution in [2.75, 3.05) is 34.3 Å². The van der Waals surface area contributed by atoms with Gasteiger partial charge in [0, 0.05) is 12.5 Å². The minimum absolute atomic E-state index is 0.0867. The summed E-state index contributed by atoms with van der Waals surface area (Å²) in [4.78, 5) is 15.6. The molecule has 3 rings (SSSR count). The van der Waals surface area contributed by atoms with Gasteiger partial charge in [0.15, 0.2) is 0 Å². The second-order valence-electron chi connectivity index (χ2n) is 9.74. The van der Waals surface area contributed by atoms with Gasteiger partial charge < -0.3 is 20.1 Å². The molecule has 2 aliphatic rings. The van der Waals surface area contributed by atoms with E-state index in [1.165, 1.54) is 12.8 Å². The molecule has 0 bridgehead atoms. The Morgan fingerprint density at radius 1 is 1.13 bits per heavy atom. The molecule has 5 heteroatoms. The molecule has 0 unspecified atom stereocenters. The summed E-state index contributed by atoms with van der Waals surface area (Å²) in [5.41, 5.74) is 6.54. The number of benzene rings is 1. The van der Waals surface area contributed by atoms with Gasteiger partial charge in [0.05, 0.1) is 13.5 Å². The zero-order valence-corrected chi connectivity index (χ0v) is 19.1. The summed E-state index contributed by atoms with van der Waals surface area (Å²) in [6.07, 6.45) is 10.2. The van der Waals surface area contributed by atoms with Gasteiger partial charge in [-0.3, -0.25) is 4.79 Å². The molecule has 0 aliphatic heterocycles. The highest BCUT2D eigenvalue weighted by molar-refractivity contribution is 5.71. The van der Waals surface area contributed by atoms with Crippen molar-refractivity contribution in [2.24, 2.45) is 17.1 Å². The second kappa shape index (κ2) is 10.1. The van der Waals surface area contributed by atoms with Crippen molar-refractivity contribution in [1.82, 2.24) is 4.90 Å². The van der Waals surface area contributed by atoms with E-state index in [0.717, 1.165) is 62.8 Å². The summed E-state index contributed by atoms with van der Waals surface area (Å²) in [7, 11) is 5.88. The number of hydrogen-bond donors (Lipinski definition) is 1. The second-order valence-corrected chi connectivity index (χ2v) is 9.74. The van der Waals surface area contributed by atoms with Crippen LogP contribution in [0.5, 0.6) is 5.75 Å². The maximum atomic E-state index is 13.4. The number of hydrogen-bond acceptors (Lipinski definition) is 5.